The third kappa shape index (κ3) is 11.0. The van der Waals surface area contributed by atoms with Crippen LogP contribution in [0.5, 0.6) is 0 Å². The molecular weight excluding hydrogens is 906 g/mol. The first-order chi connectivity index (χ1) is 30.1. The number of carbonyl (C=O) groups is 2. The van der Waals surface area contributed by atoms with E-state index in [0.717, 1.165) is 99.4 Å². The summed E-state index contributed by atoms with van der Waals surface area (Å²) < 4.78 is 12.6. The number of nitrogens with zero attached hydrogens (tertiary/aromatic N) is 4. The summed E-state index contributed by atoms with van der Waals surface area (Å²) in [7, 11) is 0. The van der Waals surface area contributed by atoms with Crippen LogP contribution in [0.2, 0.25) is 20.1 Å². The number of hydrogen-bond donors (Lipinski definition) is 2. The van der Waals surface area contributed by atoms with E-state index in [4.69, 9.17) is 65.9 Å². The lowest BCUT2D eigenvalue weighted by atomic mass is 10.0. The molecule has 4 aliphatic rings. The minimum Gasteiger partial charge on any atom is -0.424 e. The molecule has 4 aliphatic heterocycles. The molecular formula is C46H46Cl4N6O4S2. The van der Waals surface area contributed by atoms with E-state index in [9.17, 15) is 9.59 Å². The highest BCUT2D eigenvalue weighted by molar-refractivity contribution is 8.00. The number of carbonyl (C=O) groups excluding carboxylic acids is 2. The number of hydrogen-bond acceptors (Lipinski definition) is 12. The second-order valence-corrected chi connectivity index (χ2v) is 19.8. The maximum Gasteiger partial charge on any atom is 0.333 e. The van der Waals surface area contributed by atoms with Crippen molar-refractivity contribution in [2.75, 3.05) is 74.5 Å². The molecule has 2 fully saturated rings. The fraction of sp³-hybridized carbons (Fsp3) is 0.348. The molecule has 4 aromatic rings. The van der Waals surface area contributed by atoms with Gasteiger partial charge in [0.15, 0.2) is 0 Å². The molecule has 4 aromatic carbocycles. The van der Waals surface area contributed by atoms with Gasteiger partial charge < -0.3 is 29.9 Å². The first-order valence-electron chi connectivity index (χ1n) is 20.7. The van der Waals surface area contributed by atoms with Crippen LogP contribution in [-0.2, 0) is 19.1 Å². The highest BCUT2D eigenvalue weighted by Gasteiger charge is 2.40. The lowest BCUT2D eigenvalue weighted by molar-refractivity contribution is -0.146. The van der Waals surface area contributed by atoms with Gasteiger partial charge in [-0.2, -0.15) is 0 Å². The van der Waals surface area contributed by atoms with Crippen molar-refractivity contribution in [3.05, 3.63) is 139 Å². The fourth-order valence-electron chi connectivity index (χ4n) is 7.99. The Morgan fingerprint density at radius 1 is 0.597 bits per heavy atom. The zero-order valence-corrected chi connectivity index (χ0v) is 38.5. The minimum absolute atomic E-state index is 0.0461. The fourth-order valence-corrected chi connectivity index (χ4v) is 11.1. The van der Waals surface area contributed by atoms with Crippen LogP contribution in [0.15, 0.2) is 107 Å². The summed E-state index contributed by atoms with van der Waals surface area (Å²) in [5.74, 6) is -0.201. The van der Waals surface area contributed by atoms with Gasteiger partial charge in [-0.15, -0.1) is 0 Å². The van der Waals surface area contributed by atoms with Gasteiger partial charge >= 0.3 is 11.9 Å². The SMILES string of the molecule is O=C(/C=C/C(=O)OC1(SCCN2CCCC2)CN=C(c2ccccc2Cl)c2cc(Cl)ccc2N1)OC1(SCCN2CCCC2)CN=C(c2ccccc2Cl)c2cc(Cl)ccc2N1. The molecule has 16 heteroatoms. The van der Waals surface area contributed by atoms with Gasteiger partial charge in [0.05, 0.1) is 11.4 Å². The lowest BCUT2D eigenvalue weighted by Crippen LogP contribution is -2.44. The molecule has 2 atom stereocenters. The average molecular weight is 953 g/mol. The summed E-state index contributed by atoms with van der Waals surface area (Å²) in [5.41, 5.74) is 5.45. The van der Waals surface area contributed by atoms with Gasteiger partial charge in [0.2, 0.25) is 0 Å². The molecule has 0 saturated carbocycles. The highest BCUT2D eigenvalue weighted by Crippen LogP contribution is 2.39. The Morgan fingerprint density at radius 2 is 1.00 bits per heavy atom. The van der Waals surface area contributed by atoms with E-state index < -0.39 is 22.1 Å². The molecule has 0 aliphatic carbocycles. The van der Waals surface area contributed by atoms with Gasteiger partial charge in [-0.1, -0.05) is 106 Å². The van der Waals surface area contributed by atoms with Crippen molar-refractivity contribution in [2.45, 2.75) is 35.8 Å². The van der Waals surface area contributed by atoms with Crippen LogP contribution in [0.25, 0.3) is 0 Å². The monoisotopic (exact) mass is 950 g/mol. The first kappa shape index (κ1) is 44.9. The maximum atomic E-state index is 14.0. The van der Waals surface area contributed by atoms with E-state index in [1.54, 1.807) is 12.1 Å². The molecule has 0 bridgehead atoms. The number of esters is 2. The maximum absolute atomic E-state index is 14.0. The second kappa shape index (κ2) is 20.4. The molecule has 2 unspecified atom stereocenters. The number of thioether (sulfide) groups is 2. The summed E-state index contributed by atoms with van der Waals surface area (Å²) in [6, 6.07) is 25.8. The van der Waals surface area contributed by atoms with Crippen LogP contribution in [0, 0.1) is 0 Å². The van der Waals surface area contributed by atoms with E-state index in [-0.39, 0.29) is 13.1 Å². The van der Waals surface area contributed by atoms with Crippen molar-refractivity contribution in [1.82, 2.24) is 9.80 Å². The van der Waals surface area contributed by atoms with Crippen molar-refractivity contribution in [3.63, 3.8) is 0 Å². The molecule has 4 heterocycles. The quantitative estimate of drug-likeness (QED) is 0.0721. The zero-order chi connectivity index (χ0) is 43.1. The van der Waals surface area contributed by atoms with E-state index in [1.807, 2.05) is 72.8 Å². The number of aliphatic imine (C=N–C) groups is 2. The number of rotatable bonds is 14. The van der Waals surface area contributed by atoms with E-state index in [1.165, 1.54) is 23.5 Å². The first-order valence-corrected chi connectivity index (χ1v) is 24.2. The lowest BCUT2D eigenvalue weighted by Gasteiger charge is -2.33. The van der Waals surface area contributed by atoms with Gasteiger partial charge in [-0.25, -0.2) is 9.59 Å². The zero-order valence-electron chi connectivity index (χ0n) is 33.9. The number of benzene rings is 4. The molecule has 2 saturated heterocycles. The van der Waals surface area contributed by atoms with Crippen LogP contribution in [0.4, 0.5) is 11.4 Å². The van der Waals surface area contributed by atoms with E-state index in [2.05, 4.69) is 20.4 Å². The molecule has 2 N–H and O–H groups in total. The third-order valence-corrected chi connectivity index (χ3v) is 14.5. The van der Waals surface area contributed by atoms with Crippen molar-refractivity contribution in [2.24, 2.45) is 9.98 Å². The van der Waals surface area contributed by atoms with Crippen LogP contribution < -0.4 is 10.6 Å². The molecule has 324 valence electrons. The summed E-state index contributed by atoms with van der Waals surface area (Å²) in [6.45, 7) is 5.82. The van der Waals surface area contributed by atoms with Crippen LogP contribution in [0.3, 0.4) is 0 Å². The Hall–Kier alpha value is -3.72. The van der Waals surface area contributed by atoms with Gasteiger partial charge in [0.1, 0.15) is 13.1 Å². The van der Waals surface area contributed by atoms with Gasteiger partial charge in [0, 0.05) is 90.5 Å². The van der Waals surface area contributed by atoms with Crippen molar-refractivity contribution in [1.29, 1.82) is 0 Å². The Bertz CT molecular complexity index is 2230. The molecule has 0 aromatic heterocycles. The third-order valence-electron chi connectivity index (χ3n) is 11.0. The molecule has 0 amide bonds. The number of nitrogens with one attached hydrogen (secondary N) is 2. The summed E-state index contributed by atoms with van der Waals surface area (Å²) in [4.78, 5) is 42.8. The predicted octanol–water partition coefficient (Wildman–Crippen LogP) is 10.1. The summed E-state index contributed by atoms with van der Waals surface area (Å²) in [6.07, 6.45) is 6.84. The second-order valence-electron chi connectivity index (χ2n) is 15.4. The molecule has 0 radical (unpaired) electrons. The Labute approximate surface area is 390 Å². The number of ether oxygens (including phenoxy) is 2. The number of fused-ring (bicyclic) bond motifs is 2. The van der Waals surface area contributed by atoms with Gasteiger partial charge in [0.25, 0.3) is 10.1 Å². The van der Waals surface area contributed by atoms with Crippen LogP contribution >= 0.6 is 69.9 Å². The summed E-state index contributed by atoms with van der Waals surface area (Å²) >= 11 is 29.4. The largest absolute Gasteiger partial charge is 0.424 e. The normalized spacial score (nSPS) is 21.5. The molecule has 62 heavy (non-hydrogen) atoms. The summed E-state index contributed by atoms with van der Waals surface area (Å²) in [5, 5.41) is 6.41. The number of halogens is 4. The topological polar surface area (TPSA) is 108 Å². The van der Waals surface area contributed by atoms with Gasteiger partial charge in [-0.05, 0) is 100 Å². The Balaban J connectivity index is 1.06. The number of likely N-dealkylation sites (tertiary alicyclic amines) is 2. The smallest absolute Gasteiger partial charge is 0.333 e. The van der Waals surface area contributed by atoms with Crippen LogP contribution in [0.1, 0.15) is 47.9 Å². The molecule has 10 nitrogen and oxygen atoms in total. The van der Waals surface area contributed by atoms with Crippen molar-refractivity contribution < 1.29 is 19.1 Å². The van der Waals surface area contributed by atoms with Gasteiger partial charge in [-0.3, -0.25) is 9.98 Å². The molecule has 0 spiro atoms. The van der Waals surface area contributed by atoms with Crippen molar-refractivity contribution in [3.8, 4) is 0 Å². The Morgan fingerprint density at radius 3 is 1.40 bits per heavy atom. The predicted molar refractivity (Wildman–Crippen MR) is 257 cm³/mol. The highest BCUT2D eigenvalue weighted by atomic mass is 35.5. The Kier molecular flexibility index (Phi) is 14.8. The minimum atomic E-state index is -1.35. The van der Waals surface area contributed by atoms with Crippen LogP contribution in [-0.4, -0.2) is 107 Å². The van der Waals surface area contributed by atoms with Crippen molar-refractivity contribution >= 4 is 105 Å². The standard InChI is InChI=1S/C46H46Cl4N6O4S2/c47-31-13-15-39-35(27-31)43(33-9-1-3-11-37(33)49)51-29-45(53-39,61-25-23-55-19-5-6-20-55)59-41(57)17-18-42(58)60-46(62-26-24-56-21-7-8-22-56)30-52-44(34-10-2-4-12-38(34)50)36-28-32(48)14-16-40(36)54-46/h1-4,9-18,27-28,53-54H,5-8,19-26,29-30H2/b18-17+. The van der Waals surface area contributed by atoms with E-state index >= 15 is 0 Å². The molecule has 8 rings (SSSR count). The van der Waals surface area contributed by atoms with E-state index in [0.29, 0.717) is 54.4 Å². The number of anilines is 2. The average Bonchev–Trinajstić information content (AvgIpc) is 3.93. The number of benzodiazepines with no additional fused rings is 2.